The molecule has 4 heterocycles. The molecule has 5 nitrogen and oxygen atoms in total. The Balaban J connectivity index is 1.15. The molecule has 12 aromatic rings. The van der Waals surface area contributed by atoms with Gasteiger partial charge in [0.2, 0.25) is 0 Å². The van der Waals surface area contributed by atoms with Crippen LogP contribution in [-0.2, 0) is 0 Å². The lowest BCUT2D eigenvalue weighted by Crippen LogP contribution is -1.99. The van der Waals surface area contributed by atoms with Gasteiger partial charge in [0.25, 0.3) is 0 Å². The molecule has 0 aliphatic carbocycles. The fourth-order valence-corrected chi connectivity index (χ4v) is 9.02. The van der Waals surface area contributed by atoms with E-state index in [0.717, 1.165) is 95.0 Å². The Morgan fingerprint density at radius 1 is 0.339 bits per heavy atom. The highest BCUT2D eigenvalue weighted by Crippen LogP contribution is 2.43. The normalized spacial score (nSPS) is 11.7. The summed E-state index contributed by atoms with van der Waals surface area (Å²) in [6.45, 7) is 0. The number of para-hydroxylation sites is 4. The van der Waals surface area contributed by atoms with Crippen LogP contribution < -0.4 is 0 Å². The molecule has 8 aromatic carbocycles. The third-order valence-electron chi connectivity index (χ3n) is 11.6. The first kappa shape index (κ1) is 33.2. The van der Waals surface area contributed by atoms with Crippen LogP contribution in [0.4, 0.5) is 0 Å². The van der Waals surface area contributed by atoms with E-state index in [1.807, 2.05) is 0 Å². The minimum absolute atomic E-state index is 0.902. The zero-order valence-corrected chi connectivity index (χ0v) is 31.9. The summed E-state index contributed by atoms with van der Waals surface area (Å²) in [6, 6.07) is 75.4. The molecule has 0 saturated carbocycles. The van der Waals surface area contributed by atoms with Crippen LogP contribution in [0.5, 0.6) is 0 Å². The van der Waals surface area contributed by atoms with Gasteiger partial charge in [-0.05, 0) is 82.9 Å². The van der Waals surface area contributed by atoms with Gasteiger partial charge in [-0.1, -0.05) is 152 Å². The fraction of sp³-hybridized carbons (Fsp3) is 0. The van der Waals surface area contributed by atoms with Crippen LogP contribution in [0.25, 0.3) is 106 Å². The fourth-order valence-electron chi connectivity index (χ4n) is 9.02. The van der Waals surface area contributed by atoms with Crippen molar-refractivity contribution in [2.75, 3.05) is 0 Å². The highest BCUT2D eigenvalue weighted by molar-refractivity contribution is 6.14. The van der Waals surface area contributed by atoms with Crippen molar-refractivity contribution in [3.8, 4) is 56.3 Å². The summed E-state index contributed by atoms with van der Waals surface area (Å²) < 4.78 is 7.03. The Morgan fingerprint density at radius 3 is 1.71 bits per heavy atom. The van der Waals surface area contributed by atoms with Crippen LogP contribution in [0.2, 0.25) is 0 Å². The molecule has 5 heteroatoms. The maximum Gasteiger partial charge on any atom is 0.146 e. The summed E-state index contributed by atoms with van der Waals surface area (Å²) in [7, 11) is 0. The number of aromatic nitrogens is 5. The van der Waals surface area contributed by atoms with Gasteiger partial charge in [0.15, 0.2) is 0 Å². The van der Waals surface area contributed by atoms with E-state index in [9.17, 15) is 0 Å². The zero-order chi connectivity index (χ0) is 38.9. The summed E-state index contributed by atoms with van der Waals surface area (Å²) in [4.78, 5) is 10.8. The monoisotopic (exact) mass is 753 g/mol. The van der Waals surface area contributed by atoms with E-state index in [0.29, 0.717) is 0 Å². The number of pyridine rings is 1. The quantitative estimate of drug-likeness (QED) is 0.170. The first-order valence-corrected chi connectivity index (χ1v) is 20.0. The van der Waals surface area contributed by atoms with E-state index in [2.05, 4.69) is 226 Å². The molecular weight excluding hydrogens is 719 g/mol. The lowest BCUT2D eigenvalue weighted by molar-refractivity contribution is 1.10. The van der Waals surface area contributed by atoms with Crippen LogP contribution in [0, 0.1) is 0 Å². The van der Waals surface area contributed by atoms with Crippen molar-refractivity contribution in [2.45, 2.75) is 0 Å². The molecule has 0 radical (unpaired) electrons. The molecule has 0 aliphatic rings. The number of hydrogen-bond donors (Lipinski definition) is 0. The Morgan fingerprint density at radius 2 is 0.949 bits per heavy atom. The minimum atomic E-state index is 0.902. The van der Waals surface area contributed by atoms with E-state index in [-0.39, 0.29) is 0 Å². The number of hydrogen-bond acceptors (Lipinski definition) is 2. The molecule has 12 rings (SSSR count). The highest BCUT2D eigenvalue weighted by atomic mass is 15.1. The van der Waals surface area contributed by atoms with Crippen molar-refractivity contribution in [1.29, 1.82) is 0 Å². The molecule has 0 unspecified atom stereocenters. The Labute approximate surface area is 340 Å². The number of fused-ring (bicyclic) bond motifs is 7. The number of imidazole rings is 2. The third kappa shape index (κ3) is 5.25. The Kier molecular flexibility index (Phi) is 7.47. The maximum absolute atomic E-state index is 5.59. The Bertz CT molecular complexity index is 3530. The summed E-state index contributed by atoms with van der Waals surface area (Å²) in [5.74, 6) is 0.902. The second-order valence-electron chi connectivity index (χ2n) is 15.0. The largest absolute Gasteiger partial charge is 0.309 e. The van der Waals surface area contributed by atoms with Crippen molar-refractivity contribution in [3.05, 3.63) is 212 Å². The lowest BCUT2D eigenvalue weighted by atomic mass is 9.93. The predicted octanol–water partition coefficient (Wildman–Crippen LogP) is 13.6. The summed E-state index contributed by atoms with van der Waals surface area (Å²) in [5.41, 5.74) is 17.1. The zero-order valence-electron chi connectivity index (χ0n) is 31.9. The van der Waals surface area contributed by atoms with Crippen LogP contribution in [0.3, 0.4) is 0 Å². The molecule has 59 heavy (non-hydrogen) atoms. The molecule has 0 fully saturated rings. The smallest absolute Gasteiger partial charge is 0.146 e. The van der Waals surface area contributed by atoms with Gasteiger partial charge in [-0.15, -0.1) is 0 Å². The maximum atomic E-state index is 5.59. The number of nitrogens with zero attached hydrogens (tertiary/aromatic N) is 5. The van der Waals surface area contributed by atoms with Gasteiger partial charge < -0.3 is 4.57 Å². The van der Waals surface area contributed by atoms with E-state index < -0.39 is 0 Å². The van der Waals surface area contributed by atoms with Gasteiger partial charge in [0.1, 0.15) is 11.5 Å². The molecule has 0 amide bonds. The average Bonchev–Trinajstić information content (AvgIpc) is 3.99. The summed E-state index contributed by atoms with van der Waals surface area (Å²) in [5, 5.41) is 2.36. The SMILES string of the molecule is c1ccc(-c2cc(-c3ccccc3)n3c(nc4cc5c(cc43)c3ccccc3n5-c3cccc(-c4nc5ccccc5n4-c4ccccc4)c3)c2-c2ccccc2)cc1. The molecular formula is C54H35N5. The van der Waals surface area contributed by atoms with Crippen LogP contribution in [0.15, 0.2) is 212 Å². The van der Waals surface area contributed by atoms with Gasteiger partial charge >= 0.3 is 0 Å². The molecule has 0 bridgehead atoms. The summed E-state index contributed by atoms with van der Waals surface area (Å²) in [6.07, 6.45) is 0. The summed E-state index contributed by atoms with van der Waals surface area (Å²) >= 11 is 0. The molecule has 0 atom stereocenters. The van der Waals surface area contributed by atoms with Crippen molar-refractivity contribution in [3.63, 3.8) is 0 Å². The molecule has 0 N–H and O–H groups in total. The first-order valence-electron chi connectivity index (χ1n) is 20.0. The second kappa shape index (κ2) is 13.3. The van der Waals surface area contributed by atoms with Gasteiger partial charge in [0.05, 0.1) is 38.8 Å². The molecule has 4 aromatic heterocycles. The van der Waals surface area contributed by atoms with E-state index in [4.69, 9.17) is 9.97 Å². The standard InChI is InChI=1S/C54H35N5/c1-5-18-36(19-6-1)43-33-49(37-20-7-2-8-21-37)59-51-34-44-42-28-13-15-30-47(42)57(50(44)35-46(51)56-54(59)52(43)38-22-9-3-10-23-38)41-27-17-24-39(32-41)53-55-45-29-14-16-31-48(45)58(53)40-25-11-4-12-26-40/h1-35H. The van der Waals surface area contributed by atoms with Gasteiger partial charge in [-0.25, -0.2) is 9.97 Å². The second-order valence-corrected chi connectivity index (χ2v) is 15.0. The lowest BCUT2D eigenvalue weighted by Gasteiger charge is -2.17. The minimum Gasteiger partial charge on any atom is -0.309 e. The first-order chi connectivity index (χ1) is 29.3. The highest BCUT2D eigenvalue weighted by Gasteiger charge is 2.23. The number of benzene rings is 8. The topological polar surface area (TPSA) is 40.1 Å². The van der Waals surface area contributed by atoms with Gasteiger partial charge in [0, 0.05) is 33.3 Å². The van der Waals surface area contributed by atoms with Crippen molar-refractivity contribution < 1.29 is 0 Å². The molecule has 0 aliphatic heterocycles. The van der Waals surface area contributed by atoms with Crippen LogP contribution >= 0.6 is 0 Å². The van der Waals surface area contributed by atoms with Crippen molar-refractivity contribution in [1.82, 2.24) is 23.5 Å². The molecule has 276 valence electrons. The van der Waals surface area contributed by atoms with E-state index >= 15 is 0 Å². The average molecular weight is 754 g/mol. The molecule has 0 saturated heterocycles. The molecule has 0 spiro atoms. The van der Waals surface area contributed by atoms with E-state index in [1.165, 1.54) is 10.8 Å². The van der Waals surface area contributed by atoms with Crippen LogP contribution in [0.1, 0.15) is 0 Å². The van der Waals surface area contributed by atoms with Crippen LogP contribution in [-0.4, -0.2) is 23.5 Å². The van der Waals surface area contributed by atoms with Crippen molar-refractivity contribution >= 4 is 49.5 Å². The van der Waals surface area contributed by atoms with Gasteiger partial charge in [-0.3, -0.25) is 8.97 Å². The third-order valence-corrected chi connectivity index (χ3v) is 11.6. The predicted molar refractivity (Wildman–Crippen MR) is 243 cm³/mol. The Hall–Kier alpha value is -8.02. The van der Waals surface area contributed by atoms with E-state index in [1.54, 1.807) is 0 Å². The van der Waals surface area contributed by atoms with Crippen molar-refractivity contribution in [2.24, 2.45) is 0 Å². The number of rotatable bonds is 6. The van der Waals surface area contributed by atoms with Gasteiger partial charge in [-0.2, -0.15) is 0 Å².